The molecule has 0 amide bonds. The number of fused-ring (bicyclic) bond motifs is 2. The second-order valence-electron chi connectivity index (χ2n) is 4.01. The summed E-state index contributed by atoms with van der Waals surface area (Å²) < 4.78 is 9.39. The molecule has 0 saturated carbocycles. The van der Waals surface area contributed by atoms with E-state index in [1.54, 1.807) is 0 Å². The number of ketones is 1. The number of hydrogen-bond acceptors (Lipinski definition) is 8. The first-order chi connectivity index (χ1) is 7.91. The molecule has 2 unspecified atom stereocenters. The van der Waals surface area contributed by atoms with E-state index < -0.39 is 55.0 Å². The molecule has 2 fully saturated rings. The van der Waals surface area contributed by atoms with Crippen molar-refractivity contribution in [1.82, 2.24) is 0 Å². The highest BCUT2D eigenvalue weighted by molar-refractivity contribution is 5.98. The van der Waals surface area contributed by atoms with Gasteiger partial charge in [0, 0.05) is 0 Å². The maximum absolute atomic E-state index is 11.3. The molecule has 2 aliphatic rings. The van der Waals surface area contributed by atoms with Crippen molar-refractivity contribution in [1.29, 1.82) is 0 Å². The van der Waals surface area contributed by atoms with E-state index in [0.717, 1.165) is 0 Å². The predicted molar refractivity (Wildman–Crippen MR) is 48.4 cm³/mol. The van der Waals surface area contributed by atoms with Crippen LogP contribution in [0.4, 0.5) is 0 Å². The third kappa shape index (κ3) is 2.05. The fourth-order valence-corrected chi connectivity index (χ4v) is 1.90. The van der Waals surface area contributed by atoms with Crippen molar-refractivity contribution in [3.63, 3.8) is 0 Å². The number of aliphatic hydroxyl groups excluding tert-OH is 4. The van der Waals surface area contributed by atoms with Crippen LogP contribution in [-0.4, -0.2) is 69.0 Å². The van der Waals surface area contributed by atoms with Crippen molar-refractivity contribution in [2.75, 3.05) is 0 Å². The van der Waals surface area contributed by atoms with Crippen LogP contribution in [0, 0.1) is 0 Å². The number of carbonyl (C=O) groups is 2. The van der Waals surface area contributed by atoms with E-state index in [2.05, 4.69) is 4.74 Å². The molecule has 0 aliphatic carbocycles. The third-order valence-electron chi connectivity index (χ3n) is 2.83. The van der Waals surface area contributed by atoms with Gasteiger partial charge in [-0.15, -0.1) is 0 Å². The monoisotopic (exact) mass is 248 g/mol. The fraction of sp³-hybridized carbons (Fsp3) is 0.778. The Balaban J connectivity index is 2.31. The summed E-state index contributed by atoms with van der Waals surface area (Å²) in [6, 6.07) is 0. The topological polar surface area (TPSA) is 134 Å². The zero-order valence-electron chi connectivity index (χ0n) is 8.59. The van der Waals surface area contributed by atoms with E-state index in [0.29, 0.717) is 0 Å². The Hall–Kier alpha value is -1.06. The highest BCUT2D eigenvalue weighted by Crippen LogP contribution is 2.27. The van der Waals surface area contributed by atoms with Gasteiger partial charge >= 0.3 is 5.97 Å². The van der Waals surface area contributed by atoms with Gasteiger partial charge in [0.2, 0.25) is 0 Å². The van der Waals surface area contributed by atoms with Gasteiger partial charge in [-0.25, -0.2) is 0 Å². The number of hydrogen-bond donors (Lipinski definition) is 4. The lowest BCUT2D eigenvalue weighted by molar-refractivity contribution is -0.299. The molecule has 0 aromatic rings. The van der Waals surface area contributed by atoms with Crippen LogP contribution in [-0.2, 0) is 19.1 Å². The number of esters is 1. The molecule has 4 N–H and O–H groups in total. The zero-order chi connectivity index (χ0) is 12.7. The Morgan fingerprint density at radius 1 is 1.00 bits per heavy atom. The van der Waals surface area contributed by atoms with Crippen molar-refractivity contribution in [3.8, 4) is 0 Å². The number of ether oxygens (including phenoxy) is 2. The molecule has 8 nitrogen and oxygen atoms in total. The highest BCUT2D eigenvalue weighted by Gasteiger charge is 2.51. The van der Waals surface area contributed by atoms with Gasteiger partial charge in [0.05, 0.1) is 0 Å². The SMILES string of the molecule is O=C1CC(=O)C(O)[C@H]2OC(O)[C@H](O)[C@@H](O1)[C@@H]2O. The lowest BCUT2D eigenvalue weighted by atomic mass is 9.91. The van der Waals surface area contributed by atoms with Crippen molar-refractivity contribution in [3.05, 3.63) is 0 Å². The Labute approximate surface area is 95.4 Å². The average Bonchev–Trinajstić information content (AvgIpc) is 2.27. The summed E-state index contributed by atoms with van der Waals surface area (Å²) in [5.41, 5.74) is 0. The Kier molecular flexibility index (Phi) is 3.15. The maximum Gasteiger partial charge on any atom is 0.313 e. The molecule has 2 heterocycles. The van der Waals surface area contributed by atoms with Crippen molar-refractivity contribution in [2.24, 2.45) is 0 Å². The molecule has 2 saturated heterocycles. The molecule has 2 aliphatic heterocycles. The smallest absolute Gasteiger partial charge is 0.313 e. The minimum atomic E-state index is -1.75. The summed E-state index contributed by atoms with van der Waals surface area (Å²) in [5.74, 6) is -1.86. The molecule has 8 heteroatoms. The minimum absolute atomic E-state index is 0.674. The Morgan fingerprint density at radius 3 is 2.29 bits per heavy atom. The highest BCUT2D eigenvalue weighted by atomic mass is 16.7. The lowest BCUT2D eigenvalue weighted by Gasteiger charge is -2.42. The molecule has 0 aromatic carbocycles. The van der Waals surface area contributed by atoms with E-state index >= 15 is 0 Å². The lowest BCUT2D eigenvalue weighted by Crippen LogP contribution is -2.64. The van der Waals surface area contributed by atoms with Gasteiger partial charge in [-0.3, -0.25) is 9.59 Å². The first-order valence-electron chi connectivity index (χ1n) is 5.01. The van der Waals surface area contributed by atoms with Gasteiger partial charge in [-0.05, 0) is 0 Å². The van der Waals surface area contributed by atoms with Gasteiger partial charge in [0.25, 0.3) is 0 Å². The van der Waals surface area contributed by atoms with Crippen LogP contribution in [0.15, 0.2) is 0 Å². The third-order valence-corrected chi connectivity index (χ3v) is 2.83. The Morgan fingerprint density at radius 2 is 1.65 bits per heavy atom. The first kappa shape index (κ1) is 12.4. The maximum atomic E-state index is 11.3. The second-order valence-corrected chi connectivity index (χ2v) is 4.01. The van der Waals surface area contributed by atoms with Crippen LogP contribution in [0.1, 0.15) is 6.42 Å². The normalized spacial score (nSPS) is 47.1. The molecular formula is C9H12O8. The molecular weight excluding hydrogens is 236 g/mol. The second kappa shape index (κ2) is 4.31. The summed E-state index contributed by atoms with van der Waals surface area (Å²) in [4.78, 5) is 22.5. The molecule has 2 rings (SSSR count). The summed E-state index contributed by atoms with van der Waals surface area (Å²) >= 11 is 0. The molecule has 2 bridgehead atoms. The predicted octanol–water partition coefficient (Wildman–Crippen LogP) is -3.33. The average molecular weight is 248 g/mol. The van der Waals surface area contributed by atoms with Gasteiger partial charge in [0.15, 0.2) is 18.2 Å². The van der Waals surface area contributed by atoms with Crippen LogP contribution >= 0.6 is 0 Å². The van der Waals surface area contributed by atoms with Gasteiger partial charge in [0.1, 0.15) is 30.8 Å². The Bertz CT molecular complexity index is 340. The van der Waals surface area contributed by atoms with E-state index in [1.165, 1.54) is 0 Å². The summed E-state index contributed by atoms with van der Waals surface area (Å²) in [7, 11) is 0. The van der Waals surface area contributed by atoms with Crippen molar-refractivity contribution >= 4 is 11.8 Å². The van der Waals surface area contributed by atoms with E-state index in [-0.39, 0.29) is 0 Å². The quantitative estimate of drug-likeness (QED) is 0.258. The molecule has 0 spiro atoms. The summed E-state index contributed by atoms with van der Waals surface area (Å²) in [6.07, 6.45) is -10.3. The van der Waals surface area contributed by atoms with Crippen molar-refractivity contribution in [2.45, 2.75) is 43.2 Å². The van der Waals surface area contributed by atoms with Crippen LogP contribution in [0.3, 0.4) is 0 Å². The first-order valence-corrected chi connectivity index (χ1v) is 5.01. The van der Waals surface area contributed by atoms with Crippen LogP contribution in [0.5, 0.6) is 0 Å². The number of rotatable bonds is 0. The number of Topliss-reactive ketones (excluding diaryl/α,β-unsaturated/α-hetero) is 1. The van der Waals surface area contributed by atoms with Crippen molar-refractivity contribution < 1.29 is 39.5 Å². The van der Waals surface area contributed by atoms with Crippen LogP contribution < -0.4 is 0 Å². The molecule has 0 radical (unpaired) electrons. The fourth-order valence-electron chi connectivity index (χ4n) is 1.90. The number of aliphatic hydroxyl groups is 4. The molecule has 96 valence electrons. The van der Waals surface area contributed by atoms with Gasteiger partial charge in [-0.1, -0.05) is 0 Å². The standard InChI is InChI=1S/C9H12O8/c10-2-1-3(11)16-8-5(13)7(4(2)12)17-9(15)6(8)14/h4-9,12-15H,1H2/t4?,5-,6-,7-,8+,9?/m1/s1. The summed E-state index contributed by atoms with van der Waals surface area (Å²) in [5, 5.41) is 38.0. The van der Waals surface area contributed by atoms with Crippen LogP contribution in [0.2, 0.25) is 0 Å². The van der Waals surface area contributed by atoms with E-state index in [1.807, 2.05) is 0 Å². The van der Waals surface area contributed by atoms with E-state index in [9.17, 15) is 30.0 Å². The summed E-state index contributed by atoms with van der Waals surface area (Å²) in [6.45, 7) is 0. The van der Waals surface area contributed by atoms with Gasteiger partial charge < -0.3 is 29.9 Å². The molecule has 17 heavy (non-hydrogen) atoms. The molecule has 0 aromatic heterocycles. The minimum Gasteiger partial charge on any atom is -0.456 e. The zero-order valence-corrected chi connectivity index (χ0v) is 8.59. The number of carbonyl (C=O) groups excluding carboxylic acids is 2. The molecule has 6 atom stereocenters. The van der Waals surface area contributed by atoms with E-state index in [4.69, 9.17) is 4.74 Å². The van der Waals surface area contributed by atoms with Gasteiger partial charge in [-0.2, -0.15) is 0 Å². The largest absolute Gasteiger partial charge is 0.456 e. The van der Waals surface area contributed by atoms with Crippen LogP contribution in [0.25, 0.3) is 0 Å².